The number of rotatable bonds is 11. The molecule has 198 valence electrons. The number of thiol groups is 1. The number of imidazole rings is 1. The van der Waals surface area contributed by atoms with E-state index in [1.165, 1.54) is 0 Å². The first kappa shape index (κ1) is 27.5. The van der Waals surface area contributed by atoms with Crippen molar-refractivity contribution in [3.8, 4) is 11.1 Å². The molecule has 4 aromatic rings. The third kappa shape index (κ3) is 6.10. The fourth-order valence-electron chi connectivity index (χ4n) is 4.81. The summed E-state index contributed by atoms with van der Waals surface area (Å²) >= 11 is 4.42. The van der Waals surface area contributed by atoms with Crippen molar-refractivity contribution in [1.82, 2.24) is 14.9 Å². The summed E-state index contributed by atoms with van der Waals surface area (Å²) in [6.07, 6.45) is 3.51. The van der Waals surface area contributed by atoms with Crippen LogP contribution in [0.2, 0.25) is 0 Å². The molecule has 1 amide bonds. The van der Waals surface area contributed by atoms with Gasteiger partial charge in [-0.25, -0.2) is 9.78 Å². The number of hydrogen-bond donors (Lipinski definition) is 3. The molecule has 3 aromatic carbocycles. The van der Waals surface area contributed by atoms with Crippen molar-refractivity contribution in [2.24, 2.45) is 0 Å². The Labute approximate surface area is 229 Å². The molecule has 4 rings (SSSR count). The normalized spacial score (nSPS) is 12.0. The highest BCUT2D eigenvalue weighted by Crippen LogP contribution is 2.27. The number of benzene rings is 3. The van der Waals surface area contributed by atoms with Crippen LogP contribution in [0.15, 0.2) is 60.7 Å². The van der Waals surface area contributed by atoms with Crippen LogP contribution in [0.5, 0.6) is 0 Å². The van der Waals surface area contributed by atoms with Gasteiger partial charge in [0.1, 0.15) is 5.82 Å². The Hall–Kier alpha value is -3.58. The lowest BCUT2D eigenvalue weighted by atomic mass is 9.98. The number of aryl methyl sites for hydroxylation is 2. The molecule has 1 aromatic heterocycles. The lowest BCUT2D eigenvalue weighted by Gasteiger charge is -2.13. The van der Waals surface area contributed by atoms with Gasteiger partial charge >= 0.3 is 5.97 Å². The molecule has 0 radical (unpaired) electrons. The summed E-state index contributed by atoms with van der Waals surface area (Å²) in [6, 6.07) is 19.3. The minimum atomic E-state index is -0.934. The van der Waals surface area contributed by atoms with Gasteiger partial charge in [0.25, 0.3) is 0 Å². The summed E-state index contributed by atoms with van der Waals surface area (Å²) in [5.74, 6) is 0.0551. The molecule has 0 saturated heterocycles. The average Bonchev–Trinajstić information content (AvgIpc) is 3.25. The van der Waals surface area contributed by atoms with Gasteiger partial charge in [0.15, 0.2) is 0 Å². The van der Waals surface area contributed by atoms with Crippen molar-refractivity contribution in [2.75, 3.05) is 0 Å². The number of hydrogen-bond acceptors (Lipinski definition) is 4. The highest BCUT2D eigenvalue weighted by Gasteiger charge is 2.16. The van der Waals surface area contributed by atoms with Crippen LogP contribution in [0.25, 0.3) is 22.2 Å². The van der Waals surface area contributed by atoms with E-state index < -0.39 is 5.97 Å². The lowest BCUT2D eigenvalue weighted by Crippen LogP contribution is -2.30. The summed E-state index contributed by atoms with van der Waals surface area (Å²) in [5, 5.41) is 12.3. The molecular formula is C31H35N3O3S. The largest absolute Gasteiger partial charge is 0.478 e. The monoisotopic (exact) mass is 529 g/mol. The van der Waals surface area contributed by atoms with Gasteiger partial charge in [0.2, 0.25) is 5.91 Å². The number of aromatic carboxylic acids is 1. The third-order valence-electron chi connectivity index (χ3n) is 6.75. The smallest absolute Gasteiger partial charge is 0.336 e. The van der Waals surface area contributed by atoms with E-state index in [1.807, 2.05) is 43.3 Å². The number of nitrogens with one attached hydrogen (secondary N) is 1. The Bertz CT molecular complexity index is 1440. The second kappa shape index (κ2) is 12.3. The zero-order chi connectivity index (χ0) is 27.2. The van der Waals surface area contributed by atoms with E-state index in [1.54, 1.807) is 12.1 Å². The van der Waals surface area contributed by atoms with Crippen molar-refractivity contribution >= 4 is 35.5 Å². The number of aromatic nitrogens is 2. The van der Waals surface area contributed by atoms with Crippen LogP contribution in [-0.4, -0.2) is 31.8 Å². The summed E-state index contributed by atoms with van der Waals surface area (Å²) in [6.45, 7) is 7.36. The fraction of sp³-hybridized carbons (Fsp3) is 0.323. The molecule has 0 spiro atoms. The number of carboxylic acid groups (broad SMARTS) is 1. The van der Waals surface area contributed by atoms with Gasteiger partial charge < -0.3 is 15.0 Å². The van der Waals surface area contributed by atoms with Crippen molar-refractivity contribution < 1.29 is 14.7 Å². The van der Waals surface area contributed by atoms with E-state index in [4.69, 9.17) is 4.98 Å². The van der Waals surface area contributed by atoms with Gasteiger partial charge in [0.05, 0.1) is 21.8 Å². The average molecular weight is 530 g/mol. The van der Waals surface area contributed by atoms with Crippen LogP contribution in [0.3, 0.4) is 0 Å². The zero-order valence-corrected chi connectivity index (χ0v) is 23.1. The number of carboxylic acids is 1. The second-order valence-corrected chi connectivity index (χ2v) is 10.3. The standard InChI is InChI=1S/C31H35N3O3S/c1-4-8-27(38)30(35)32-18-22-16-20(3)29-26(17-22)34(28(33-29)9-5-2)19-21-12-14-23(15-13-21)24-10-6-7-11-25(24)31(36)37/h6-7,10-17,27,38H,4-5,8-9,18-19H2,1-3H3,(H,32,35)(H,36,37). The summed E-state index contributed by atoms with van der Waals surface area (Å²) in [5.41, 5.74) is 7.12. The highest BCUT2D eigenvalue weighted by atomic mass is 32.1. The minimum absolute atomic E-state index is 0.0438. The summed E-state index contributed by atoms with van der Waals surface area (Å²) in [4.78, 5) is 29.0. The van der Waals surface area contributed by atoms with Crippen LogP contribution in [0.4, 0.5) is 0 Å². The Morgan fingerprint density at radius 3 is 2.45 bits per heavy atom. The zero-order valence-electron chi connectivity index (χ0n) is 22.2. The summed E-state index contributed by atoms with van der Waals surface area (Å²) in [7, 11) is 0. The number of fused-ring (bicyclic) bond motifs is 1. The van der Waals surface area contributed by atoms with Crippen LogP contribution >= 0.6 is 12.6 Å². The van der Waals surface area contributed by atoms with Gasteiger partial charge in [-0.3, -0.25) is 4.79 Å². The minimum Gasteiger partial charge on any atom is -0.478 e. The first-order chi connectivity index (χ1) is 18.3. The molecule has 0 aliphatic heterocycles. The molecule has 6 nitrogen and oxygen atoms in total. The van der Waals surface area contributed by atoms with E-state index in [2.05, 4.69) is 48.5 Å². The van der Waals surface area contributed by atoms with Gasteiger partial charge in [-0.2, -0.15) is 12.6 Å². The Morgan fingerprint density at radius 2 is 1.76 bits per heavy atom. The number of carbonyl (C=O) groups is 2. The maximum absolute atomic E-state index is 12.4. The van der Waals surface area contributed by atoms with E-state index in [9.17, 15) is 14.7 Å². The van der Waals surface area contributed by atoms with Gasteiger partial charge in [-0.05, 0) is 59.7 Å². The van der Waals surface area contributed by atoms with Crippen LogP contribution in [0.1, 0.15) is 66.0 Å². The SMILES string of the molecule is CCCc1nc2c(C)cc(CNC(=O)C(S)CCC)cc2n1Cc1ccc(-c2ccccc2C(=O)O)cc1. The molecule has 0 aliphatic rings. The maximum Gasteiger partial charge on any atom is 0.336 e. The Morgan fingerprint density at radius 1 is 1.03 bits per heavy atom. The predicted octanol–water partition coefficient (Wildman–Crippen LogP) is 6.43. The Kier molecular flexibility index (Phi) is 8.89. The molecule has 0 aliphatic carbocycles. The number of carbonyl (C=O) groups excluding carboxylic acids is 1. The van der Waals surface area contributed by atoms with Crippen molar-refractivity contribution in [3.05, 3.63) is 88.7 Å². The van der Waals surface area contributed by atoms with Gasteiger partial charge in [0, 0.05) is 19.5 Å². The molecule has 0 bridgehead atoms. The quantitative estimate of drug-likeness (QED) is 0.196. The van der Waals surface area contributed by atoms with Crippen LogP contribution in [-0.2, 0) is 24.3 Å². The predicted molar refractivity (Wildman–Crippen MR) is 156 cm³/mol. The number of nitrogens with zero attached hydrogens (tertiary/aromatic N) is 2. The Balaban J connectivity index is 1.63. The second-order valence-electron chi connectivity index (χ2n) is 9.71. The first-order valence-electron chi connectivity index (χ1n) is 13.2. The van der Waals surface area contributed by atoms with E-state index in [0.717, 1.165) is 64.8 Å². The molecule has 1 heterocycles. The molecule has 38 heavy (non-hydrogen) atoms. The van der Waals surface area contributed by atoms with Crippen molar-refractivity contribution in [2.45, 2.75) is 64.8 Å². The fourth-order valence-corrected chi connectivity index (χ4v) is 5.16. The van der Waals surface area contributed by atoms with Gasteiger partial charge in [-0.15, -0.1) is 0 Å². The molecule has 7 heteroatoms. The van der Waals surface area contributed by atoms with Crippen molar-refractivity contribution in [1.29, 1.82) is 0 Å². The highest BCUT2D eigenvalue weighted by molar-refractivity contribution is 7.81. The molecule has 0 fully saturated rings. The number of amides is 1. The summed E-state index contributed by atoms with van der Waals surface area (Å²) < 4.78 is 2.26. The topological polar surface area (TPSA) is 84.2 Å². The third-order valence-corrected chi connectivity index (χ3v) is 7.24. The van der Waals surface area contributed by atoms with Crippen molar-refractivity contribution in [3.63, 3.8) is 0 Å². The van der Waals surface area contributed by atoms with E-state index in [-0.39, 0.29) is 11.2 Å². The maximum atomic E-state index is 12.4. The molecular weight excluding hydrogens is 494 g/mol. The molecule has 1 unspecified atom stereocenters. The molecule has 1 atom stereocenters. The van der Waals surface area contributed by atoms with Crippen LogP contribution in [0, 0.1) is 6.92 Å². The lowest BCUT2D eigenvalue weighted by molar-refractivity contribution is -0.120. The molecule has 0 saturated carbocycles. The van der Waals surface area contributed by atoms with E-state index >= 15 is 0 Å². The van der Waals surface area contributed by atoms with Gasteiger partial charge in [-0.1, -0.05) is 68.8 Å². The first-order valence-corrected chi connectivity index (χ1v) is 13.7. The van der Waals surface area contributed by atoms with E-state index in [0.29, 0.717) is 24.2 Å². The molecule has 2 N–H and O–H groups in total. The van der Waals surface area contributed by atoms with Crippen LogP contribution < -0.4 is 5.32 Å².